The summed E-state index contributed by atoms with van der Waals surface area (Å²) in [5.41, 5.74) is 0.542. The van der Waals surface area contributed by atoms with Crippen LogP contribution < -0.4 is 15.0 Å². The summed E-state index contributed by atoms with van der Waals surface area (Å²) in [5, 5.41) is 2.76. The van der Waals surface area contributed by atoms with Gasteiger partial charge in [0.1, 0.15) is 5.75 Å². The molecule has 7 heteroatoms. The first-order valence-electron chi connectivity index (χ1n) is 7.90. The van der Waals surface area contributed by atoms with Crippen LogP contribution in [0.3, 0.4) is 0 Å². The number of rotatable bonds is 5. The number of nitrogens with one attached hydrogen (secondary N) is 1. The van der Waals surface area contributed by atoms with Gasteiger partial charge in [-0.05, 0) is 19.1 Å². The summed E-state index contributed by atoms with van der Waals surface area (Å²) >= 11 is 0. The molecule has 0 aliphatic carbocycles. The highest BCUT2D eigenvalue weighted by Crippen LogP contribution is 2.14. The summed E-state index contributed by atoms with van der Waals surface area (Å²) in [4.78, 5) is 22.8. The molecule has 0 spiro atoms. The van der Waals surface area contributed by atoms with Crippen LogP contribution in [0, 0.1) is 0 Å². The monoisotopic (exact) mass is 328 g/mol. The smallest absolute Gasteiger partial charge is 0.265 e. The fourth-order valence-electron chi connectivity index (χ4n) is 2.31. The lowest BCUT2D eigenvalue weighted by Crippen LogP contribution is -2.37. The number of hydrogen-bond donors (Lipinski definition) is 1. The standard InChI is InChI=1S/C17H20N4O3/c1-13(24-15-5-3-2-4-6-15)16(22)20-14-11-18-17(19-12-14)21-7-9-23-10-8-21/h2-6,11-13H,7-10H2,1H3,(H,20,22). The molecule has 0 bridgehead atoms. The zero-order chi connectivity index (χ0) is 16.8. The van der Waals surface area contributed by atoms with E-state index in [1.54, 1.807) is 19.3 Å². The van der Waals surface area contributed by atoms with Gasteiger partial charge in [0.15, 0.2) is 6.10 Å². The van der Waals surface area contributed by atoms with Crippen molar-refractivity contribution in [2.45, 2.75) is 13.0 Å². The molecule has 1 unspecified atom stereocenters. The van der Waals surface area contributed by atoms with Crippen molar-refractivity contribution in [3.63, 3.8) is 0 Å². The molecule has 126 valence electrons. The minimum absolute atomic E-state index is 0.249. The fraction of sp³-hybridized carbons (Fsp3) is 0.353. The number of aromatic nitrogens is 2. The number of benzene rings is 1. The Hall–Kier alpha value is -2.67. The van der Waals surface area contributed by atoms with Gasteiger partial charge >= 0.3 is 0 Å². The van der Waals surface area contributed by atoms with E-state index in [1.807, 2.05) is 30.3 Å². The molecule has 3 rings (SSSR count). The first-order valence-corrected chi connectivity index (χ1v) is 7.90. The normalized spacial score (nSPS) is 15.6. The Labute approximate surface area is 140 Å². The van der Waals surface area contributed by atoms with Gasteiger partial charge in [0.05, 0.1) is 31.3 Å². The molecule has 0 saturated carbocycles. The summed E-state index contributed by atoms with van der Waals surface area (Å²) in [6.45, 7) is 4.60. The van der Waals surface area contributed by atoms with Crippen molar-refractivity contribution < 1.29 is 14.3 Å². The lowest BCUT2D eigenvalue weighted by Gasteiger charge is -2.26. The first kappa shape index (κ1) is 16.2. The van der Waals surface area contributed by atoms with Gasteiger partial charge in [0.25, 0.3) is 5.91 Å². The van der Waals surface area contributed by atoms with E-state index in [9.17, 15) is 4.79 Å². The Morgan fingerprint density at radius 1 is 1.21 bits per heavy atom. The van der Waals surface area contributed by atoms with Crippen LogP contribution in [0.2, 0.25) is 0 Å². The number of amides is 1. The number of nitrogens with zero attached hydrogens (tertiary/aromatic N) is 3. The molecular weight excluding hydrogens is 308 g/mol. The highest BCUT2D eigenvalue weighted by Gasteiger charge is 2.16. The van der Waals surface area contributed by atoms with E-state index in [4.69, 9.17) is 9.47 Å². The Morgan fingerprint density at radius 2 is 1.88 bits per heavy atom. The maximum absolute atomic E-state index is 12.2. The molecule has 0 radical (unpaired) electrons. The van der Waals surface area contributed by atoms with Gasteiger partial charge in [-0.3, -0.25) is 4.79 Å². The van der Waals surface area contributed by atoms with Gasteiger partial charge in [-0.25, -0.2) is 9.97 Å². The lowest BCUT2D eigenvalue weighted by atomic mass is 10.3. The van der Waals surface area contributed by atoms with Gasteiger partial charge in [0, 0.05) is 13.1 Å². The van der Waals surface area contributed by atoms with E-state index >= 15 is 0 Å². The van der Waals surface area contributed by atoms with Gasteiger partial charge in [-0.1, -0.05) is 18.2 Å². The van der Waals surface area contributed by atoms with Crippen molar-refractivity contribution in [1.29, 1.82) is 0 Å². The predicted molar refractivity (Wildman–Crippen MR) is 90.2 cm³/mol. The Bertz CT molecular complexity index is 657. The predicted octanol–water partition coefficient (Wildman–Crippen LogP) is 1.72. The topological polar surface area (TPSA) is 76.6 Å². The Kier molecular flexibility index (Phi) is 5.22. The molecule has 1 amide bonds. The van der Waals surface area contributed by atoms with Crippen LogP contribution in [0.4, 0.5) is 11.6 Å². The molecule has 2 aromatic rings. The van der Waals surface area contributed by atoms with Gasteiger partial charge in [-0.2, -0.15) is 0 Å². The van der Waals surface area contributed by atoms with Crippen molar-refractivity contribution in [1.82, 2.24) is 9.97 Å². The molecule has 2 heterocycles. The maximum Gasteiger partial charge on any atom is 0.265 e. The number of para-hydroxylation sites is 1. The number of anilines is 2. The van der Waals surface area contributed by atoms with Gasteiger partial charge in [-0.15, -0.1) is 0 Å². The summed E-state index contributed by atoms with van der Waals surface area (Å²) in [6.07, 6.45) is 2.59. The average molecular weight is 328 g/mol. The van der Waals surface area contributed by atoms with Crippen molar-refractivity contribution in [3.8, 4) is 5.75 Å². The SMILES string of the molecule is CC(Oc1ccccc1)C(=O)Nc1cnc(N2CCOCC2)nc1. The van der Waals surface area contributed by atoms with E-state index < -0.39 is 6.10 Å². The molecule has 1 aromatic heterocycles. The lowest BCUT2D eigenvalue weighted by molar-refractivity contribution is -0.122. The van der Waals surface area contributed by atoms with Crippen LogP contribution >= 0.6 is 0 Å². The minimum atomic E-state index is -0.619. The van der Waals surface area contributed by atoms with Crippen molar-refractivity contribution >= 4 is 17.5 Å². The van der Waals surface area contributed by atoms with Crippen LogP contribution in [0.25, 0.3) is 0 Å². The van der Waals surface area contributed by atoms with Crippen LogP contribution in [0.15, 0.2) is 42.7 Å². The van der Waals surface area contributed by atoms with E-state index in [1.165, 1.54) is 0 Å². The third kappa shape index (κ3) is 4.20. The molecule has 24 heavy (non-hydrogen) atoms. The number of morpholine rings is 1. The van der Waals surface area contributed by atoms with Gasteiger partial charge < -0.3 is 19.7 Å². The second-order valence-electron chi connectivity index (χ2n) is 5.43. The zero-order valence-electron chi connectivity index (χ0n) is 13.5. The minimum Gasteiger partial charge on any atom is -0.481 e. The second kappa shape index (κ2) is 7.74. The molecule has 1 N–H and O–H groups in total. The molecule has 7 nitrogen and oxygen atoms in total. The summed E-state index contributed by atoms with van der Waals surface area (Å²) < 4.78 is 10.9. The number of carbonyl (C=O) groups excluding carboxylic acids is 1. The van der Waals surface area contributed by atoms with Crippen LogP contribution in [-0.2, 0) is 9.53 Å². The average Bonchev–Trinajstić information content (AvgIpc) is 2.64. The molecule has 1 saturated heterocycles. The van der Waals surface area contributed by atoms with Gasteiger partial charge in [0.2, 0.25) is 5.95 Å². The van der Waals surface area contributed by atoms with Crippen LogP contribution in [-0.4, -0.2) is 48.3 Å². The maximum atomic E-state index is 12.2. The quantitative estimate of drug-likeness (QED) is 0.900. The Morgan fingerprint density at radius 3 is 2.54 bits per heavy atom. The fourth-order valence-corrected chi connectivity index (χ4v) is 2.31. The summed E-state index contributed by atoms with van der Waals surface area (Å²) in [5.74, 6) is 1.05. The zero-order valence-corrected chi connectivity index (χ0v) is 13.5. The third-order valence-corrected chi connectivity index (χ3v) is 3.62. The largest absolute Gasteiger partial charge is 0.481 e. The highest BCUT2D eigenvalue weighted by atomic mass is 16.5. The van der Waals surface area contributed by atoms with Crippen molar-refractivity contribution in [2.24, 2.45) is 0 Å². The van der Waals surface area contributed by atoms with E-state index in [0.717, 1.165) is 13.1 Å². The van der Waals surface area contributed by atoms with E-state index in [-0.39, 0.29) is 5.91 Å². The third-order valence-electron chi connectivity index (χ3n) is 3.62. The van der Waals surface area contributed by atoms with Crippen LogP contribution in [0.1, 0.15) is 6.92 Å². The van der Waals surface area contributed by atoms with E-state index in [0.29, 0.717) is 30.6 Å². The second-order valence-corrected chi connectivity index (χ2v) is 5.43. The summed E-state index contributed by atoms with van der Waals surface area (Å²) in [6, 6.07) is 9.23. The molecule has 1 fully saturated rings. The van der Waals surface area contributed by atoms with Crippen molar-refractivity contribution in [3.05, 3.63) is 42.7 Å². The molecule has 1 aliphatic heterocycles. The molecule has 1 aliphatic rings. The van der Waals surface area contributed by atoms with Crippen LogP contribution in [0.5, 0.6) is 5.75 Å². The molecule has 1 aromatic carbocycles. The highest BCUT2D eigenvalue weighted by molar-refractivity contribution is 5.93. The Balaban J connectivity index is 1.55. The number of hydrogen-bond acceptors (Lipinski definition) is 6. The van der Waals surface area contributed by atoms with E-state index in [2.05, 4.69) is 20.2 Å². The summed E-state index contributed by atoms with van der Waals surface area (Å²) in [7, 11) is 0. The first-order chi connectivity index (χ1) is 11.7. The number of carbonyl (C=O) groups is 1. The number of ether oxygens (including phenoxy) is 2. The molecule has 1 atom stereocenters. The van der Waals surface area contributed by atoms with Crippen molar-refractivity contribution in [2.75, 3.05) is 36.5 Å². The molecular formula is C17H20N4O3.